The molecule has 0 aliphatic rings. The summed E-state index contributed by atoms with van der Waals surface area (Å²) in [5.74, 6) is -0.0166. The van der Waals surface area contributed by atoms with Gasteiger partial charge in [-0.25, -0.2) is 4.79 Å². The molecule has 0 radical (unpaired) electrons. The third-order valence-corrected chi connectivity index (χ3v) is 3.03. The summed E-state index contributed by atoms with van der Waals surface area (Å²) in [6, 6.07) is 0. The number of hydrogen-bond donors (Lipinski definition) is 0. The second-order valence-electron chi connectivity index (χ2n) is 4.47. The SMILES string of the molecule is C=C(C(=O)OC)C(C)CCCCCCCC. The minimum atomic E-state index is -0.265. The Bertz CT molecular complexity index is 209. The Kier molecular flexibility index (Phi) is 8.97. The first-order valence-corrected chi connectivity index (χ1v) is 6.40. The van der Waals surface area contributed by atoms with Gasteiger partial charge < -0.3 is 4.74 Å². The fourth-order valence-corrected chi connectivity index (χ4v) is 1.74. The van der Waals surface area contributed by atoms with Crippen molar-refractivity contribution in [1.82, 2.24) is 0 Å². The number of unbranched alkanes of at least 4 members (excludes halogenated alkanes) is 5. The van der Waals surface area contributed by atoms with Gasteiger partial charge in [-0.1, -0.05) is 59.0 Å². The van der Waals surface area contributed by atoms with Gasteiger partial charge in [-0.05, 0) is 12.3 Å². The van der Waals surface area contributed by atoms with Crippen molar-refractivity contribution in [1.29, 1.82) is 0 Å². The topological polar surface area (TPSA) is 26.3 Å². The van der Waals surface area contributed by atoms with Crippen LogP contribution in [0, 0.1) is 5.92 Å². The fourth-order valence-electron chi connectivity index (χ4n) is 1.74. The summed E-state index contributed by atoms with van der Waals surface area (Å²) in [5.41, 5.74) is 0.607. The summed E-state index contributed by atoms with van der Waals surface area (Å²) in [4.78, 5) is 11.2. The quantitative estimate of drug-likeness (QED) is 0.336. The van der Waals surface area contributed by atoms with Crippen molar-refractivity contribution >= 4 is 5.97 Å². The third kappa shape index (κ3) is 6.65. The van der Waals surface area contributed by atoms with Crippen molar-refractivity contribution in [3.8, 4) is 0 Å². The molecule has 0 aromatic carbocycles. The van der Waals surface area contributed by atoms with Crippen molar-refractivity contribution in [2.75, 3.05) is 7.11 Å². The molecule has 0 aromatic heterocycles. The van der Waals surface area contributed by atoms with Gasteiger partial charge in [0.25, 0.3) is 0 Å². The Morgan fingerprint density at radius 3 is 2.31 bits per heavy atom. The lowest BCUT2D eigenvalue weighted by Gasteiger charge is -2.12. The van der Waals surface area contributed by atoms with Crippen LogP contribution in [0.2, 0.25) is 0 Å². The van der Waals surface area contributed by atoms with Crippen LogP contribution in [0.5, 0.6) is 0 Å². The molecule has 0 aromatic rings. The van der Waals surface area contributed by atoms with E-state index in [0.29, 0.717) is 5.57 Å². The van der Waals surface area contributed by atoms with E-state index in [9.17, 15) is 4.79 Å². The molecule has 0 amide bonds. The smallest absolute Gasteiger partial charge is 0.333 e. The highest BCUT2D eigenvalue weighted by molar-refractivity contribution is 5.88. The molecule has 0 saturated carbocycles. The molecule has 0 fully saturated rings. The van der Waals surface area contributed by atoms with E-state index in [-0.39, 0.29) is 11.9 Å². The highest BCUT2D eigenvalue weighted by Crippen LogP contribution is 2.18. The van der Waals surface area contributed by atoms with Crippen molar-refractivity contribution < 1.29 is 9.53 Å². The maximum Gasteiger partial charge on any atom is 0.333 e. The standard InChI is InChI=1S/C14H26O2/c1-5-6-7-8-9-10-11-12(2)13(3)14(15)16-4/h12H,3,5-11H2,1-2,4H3. The van der Waals surface area contributed by atoms with Crippen LogP contribution in [0.4, 0.5) is 0 Å². The van der Waals surface area contributed by atoms with Gasteiger partial charge >= 0.3 is 5.97 Å². The van der Waals surface area contributed by atoms with Crippen LogP contribution in [0.3, 0.4) is 0 Å². The second kappa shape index (κ2) is 9.44. The summed E-state index contributed by atoms with van der Waals surface area (Å²) in [6.07, 6.45) is 8.76. The highest BCUT2D eigenvalue weighted by Gasteiger charge is 2.14. The van der Waals surface area contributed by atoms with Gasteiger partial charge in [-0.3, -0.25) is 0 Å². The van der Waals surface area contributed by atoms with Gasteiger partial charge in [0.2, 0.25) is 0 Å². The molecular formula is C14H26O2. The average molecular weight is 226 g/mol. The van der Waals surface area contributed by atoms with Gasteiger partial charge in [0.15, 0.2) is 0 Å². The summed E-state index contributed by atoms with van der Waals surface area (Å²) < 4.78 is 4.65. The van der Waals surface area contributed by atoms with E-state index in [4.69, 9.17) is 0 Å². The van der Waals surface area contributed by atoms with E-state index in [2.05, 4.69) is 18.2 Å². The molecule has 0 aliphatic carbocycles. The number of carbonyl (C=O) groups excluding carboxylic acids is 1. The van der Waals surface area contributed by atoms with Crippen molar-refractivity contribution in [3.05, 3.63) is 12.2 Å². The van der Waals surface area contributed by atoms with Gasteiger partial charge in [-0.15, -0.1) is 0 Å². The predicted octanol–water partition coefficient (Wildman–Crippen LogP) is 4.10. The van der Waals surface area contributed by atoms with E-state index in [1.165, 1.54) is 45.6 Å². The van der Waals surface area contributed by atoms with Gasteiger partial charge in [0, 0.05) is 5.57 Å². The maximum absolute atomic E-state index is 11.2. The molecule has 0 rings (SSSR count). The van der Waals surface area contributed by atoms with Crippen LogP contribution < -0.4 is 0 Å². The summed E-state index contributed by atoms with van der Waals surface area (Å²) in [7, 11) is 1.41. The number of esters is 1. The zero-order chi connectivity index (χ0) is 12.4. The lowest BCUT2D eigenvalue weighted by atomic mass is 9.95. The zero-order valence-electron chi connectivity index (χ0n) is 11.1. The molecule has 0 heterocycles. The predicted molar refractivity (Wildman–Crippen MR) is 68.3 cm³/mol. The lowest BCUT2D eigenvalue weighted by Crippen LogP contribution is -2.11. The Labute approximate surface area is 100 Å². The largest absolute Gasteiger partial charge is 0.466 e. The number of methoxy groups -OCH3 is 1. The van der Waals surface area contributed by atoms with Gasteiger partial charge in [0.1, 0.15) is 0 Å². The van der Waals surface area contributed by atoms with Gasteiger partial charge in [0.05, 0.1) is 7.11 Å². The van der Waals surface area contributed by atoms with E-state index in [1.54, 1.807) is 0 Å². The Morgan fingerprint density at radius 2 is 1.75 bits per heavy atom. The first-order chi connectivity index (χ1) is 7.63. The third-order valence-electron chi connectivity index (χ3n) is 3.03. The van der Waals surface area contributed by atoms with E-state index < -0.39 is 0 Å². The van der Waals surface area contributed by atoms with E-state index in [0.717, 1.165) is 6.42 Å². The Balaban J connectivity index is 3.53. The molecule has 1 atom stereocenters. The van der Waals surface area contributed by atoms with Crippen LogP contribution in [0.25, 0.3) is 0 Å². The van der Waals surface area contributed by atoms with E-state index >= 15 is 0 Å². The number of ether oxygens (including phenoxy) is 1. The average Bonchev–Trinajstić information content (AvgIpc) is 2.31. The molecule has 0 N–H and O–H groups in total. The van der Waals surface area contributed by atoms with Crippen LogP contribution in [-0.2, 0) is 9.53 Å². The first kappa shape index (κ1) is 15.2. The molecule has 2 nitrogen and oxygen atoms in total. The minimum absolute atomic E-state index is 0.249. The van der Waals surface area contributed by atoms with Gasteiger partial charge in [-0.2, -0.15) is 0 Å². The zero-order valence-corrected chi connectivity index (χ0v) is 11.1. The lowest BCUT2D eigenvalue weighted by molar-refractivity contribution is -0.136. The molecule has 16 heavy (non-hydrogen) atoms. The minimum Gasteiger partial charge on any atom is -0.466 e. The van der Waals surface area contributed by atoms with Crippen LogP contribution in [0.15, 0.2) is 12.2 Å². The molecule has 2 heteroatoms. The first-order valence-electron chi connectivity index (χ1n) is 6.40. The Morgan fingerprint density at radius 1 is 1.19 bits per heavy atom. The molecule has 0 aliphatic heterocycles. The Hall–Kier alpha value is -0.790. The van der Waals surface area contributed by atoms with E-state index in [1.807, 2.05) is 6.92 Å². The van der Waals surface area contributed by atoms with Crippen molar-refractivity contribution in [3.63, 3.8) is 0 Å². The maximum atomic E-state index is 11.2. The number of carbonyl (C=O) groups is 1. The molecule has 94 valence electrons. The van der Waals surface area contributed by atoms with Crippen LogP contribution >= 0.6 is 0 Å². The number of rotatable bonds is 9. The van der Waals surface area contributed by atoms with Crippen molar-refractivity contribution in [2.45, 2.75) is 58.8 Å². The molecule has 0 spiro atoms. The van der Waals surface area contributed by atoms with Crippen LogP contribution in [0.1, 0.15) is 58.8 Å². The second-order valence-corrected chi connectivity index (χ2v) is 4.47. The monoisotopic (exact) mass is 226 g/mol. The summed E-state index contributed by atoms with van der Waals surface area (Å²) >= 11 is 0. The summed E-state index contributed by atoms with van der Waals surface area (Å²) in [6.45, 7) is 8.05. The highest BCUT2D eigenvalue weighted by atomic mass is 16.5. The fraction of sp³-hybridized carbons (Fsp3) is 0.786. The molecular weight excluding hydrogens is 200 g/mol. The number of hydrogen-bond acceptors (Lipinski definition) is 2. The van der Waals surface area contributed by atoms with Crippen LogP contribution in [-0.4, -0.2) is 13.1 Å². The van der Waals surface area contributed by atoms with Crippen molar-refractivity contribution in [2.24, 2.45) is 5.92 Å². The normalized spacial score (nSPS) is 12.2. The molecule has 0 bridgehead atoms. The summed E-state index contributed by atoms with van der Waals surface area (Å²) in [5, 5.41) is 0. The molecule has 1 unspecified atom stereocenters. The molecule has 0 saturated heterocycles.